The van der Waals surface area contributed by atoms with E-state index >= 15 is 0 Å². The molecule has 2 N–H and O–H groups in total. The van der Waals surface area contributed by atoms with Crippen molar-refractivity contribution in [2.24, 2.45) is 5.92 Å². The summed E-state index contributed by atoms with van der Waals surface area (Å²) in [5, 5.41) is 12.4. The van der Waals surface area contributed by atoms with Crippen molar-refractivity contribution in [1.82, 2.24) is 0 Å². The first-order chi connectivity index (χ1) is 17.4. The van der Waals surface area contributed by atoms with Crippen molar-refractivity contribution in [2.45, 2.75) is 44.2 Å². The van der Waals surface area contributed by atoms with E-state index < -0.39 is 29.9 Å². The van der Waals surface area contributed by atoms with Crippen LogP contribution in [0.5, 0.6) is 0 Å². The molecule has 1 saturated carbocycles. The van der Waals surface area contributed by atoms with Gasteiger partial charge >= 0.3 is 12.1 Å². The molecular weight excluding hydrogens is 526 g/mol. The molecule has 194 valence electrons. The van der Waals surface area contributed by atoms with E-state index in [0.29, 0.717) is 27.6 Å². The fourth-order valence-corrected chi connectivity index (χ4v) is 4.67. The molecule has 3 aromatic carbocycles. The predicted molar refractivity (Wildman–Crippen MR) is 138 cm³/mol. The molecule has 1 fully saturated rings. The fraction of sp³-hybridized carbons (Fsp3) is 0.286. The first kappa shape index (κ1) is 27.0. The molecule has 0 spiro atoms. The molecule has 4 rings (SSSR count). The van der Waals surface area contributed by atoms with Gasteiger partial charge in [-0.1, -0.05) is 66.5 Å². The van der Waals surface area contributed by atoms with E-state index in [-0.39, 0.29) is 22.7 Å². The zero-order valence-corrected chi connectivity index (χ0v) is 21.3. The summed E-state index contributed by atoms with van der Waals surface area (Å²) in [5.41, 5.74) is 3.26. The van der Waals surface area contributed by atoms with Gasteiger partial charge in [-0.05, 0) is 70.8 Å². The van der Waals surface area contributed by atoms with Gasteiger partial charge in [0.1, 0.15) is 0 Å². The lowest BCUT2D eigenvalue weighted by atomic mass is 9.85. The molecule has 1 aliphatic carbocycles. The van der Waals surface area contributed by atoms with Gasteiger partial charge < -0.3 is 10.4 Å². The van der Waals surface area contributed by atoms with Crippen LogP contribution in [-0.4, -0.2) is 23.2 Å². The van der Waals surface area contributed by atoms with E-state index in [1.54, 1.807) is 18.2 Å². The molecule has 0 aliphatic heterocycles. The molecule has 9 heteroatoms. The topological polar surface area (TPSA) is 66.4 Å². The summed E-state index contributed by atoms with van der Waals surface area (Å²) in [6, 6.07) is 16.1. The third-order valence-corrected chi connectivity index (χ3v) is 7.17. The zero-order chi connectivity index (χ0) is 26.9. The molecule has 1 aliphatic rings. The Morgan fingerprint density at radius 2 is 1.70 bits per heavy atom. The molecule has 2 atom stereocenters. The number of halogens is 5. The Hall–Kier alpha value is -3.03. The number of hydrogen-bond acceptors (Lipinski definition) is 2. The quantitative estimate of drug-likeness (QED) is 0.298. The fourth-order valence-electron chi connectivity index (χ4n) is 4.38. The zero-order valence-electron chi connectivity index (χ0n) is 19.8. The largest absolute Gasteiger partial charge is 0.481 e. The minimum Gasteiger partial charge on any atom is -0.481 e. The predicted octanol–water partition coefficient (Wildman–Crippen LogP) is 8.09. The number of benzene rings is 3. The molecule has 0 aromatic heterocycles. The molecule has 0 saturated heterocycles. The number of hydrogen-bond donors (Lipinski definition) is 2. The van der Waals surface area contributed by atoms with Crippen molar-refractivity contribution in [1.29, 1.82) is 0 Å². The average molecular weight is 550 g/mol. The lowest BCUT2D eigenvalue weighted by Gasteiger charge is -2.26. The van der Waals surface area contributed by atoms with Crippen molar-refractivity contribution in [3.63, 3.8) is 0 Å². The standard InChI is InChI=1S/C28H24Cl2F3NO3/c1-15(28(31,32)33)26(17-6-9-21(29)10-7-17)27(37)34-24-13-19(8-11-23(24)30)22-12-18(16-2-3-16)4-5-20(22)14-25(35)36/h4-13,15-16,26H,2-3,14H2,1H3,(H,34,37)(H,35,36)/t15-,26+/m1/s1. The molecule has 0 heterocycles. The number of carbonyl (C=O) groups is 2. The third kappa shape index (κ3) is 6.46. The summed E-state index contributed by atoms with van der Waals surface area (Å²) < 4.78 is 41.1. The molecule has 4 nitrogen and oxygen atoms in total. The van der Waals surface area contributed by atoms with Gasteiger partial charge in [0.25, 0.3) is 0 Å². The van der Waals surface area contributed by atoms with Crippen molar-refractivity contribution in [3.05, 3.63) is 87.4 Å². The number of alkyl halides is 3. The number of rotatable bonds is 8. The smallest absolute Gasteiger partial charge is 0.392 e. The average Bonchev–Trinajstić information content (AvgIpc) is 3.67. The van der Waals surface area contributed by atoms with E-state index in [1.165, 1.54) is 30.3 Å². The normalized spacial score (nSPS) is 15.2. The SMILES string of the molecule is C[C@H]([C@H](C(=O)Nc1cc(-c2cc(C3CC3)ccc2CC(=O)O)ccc1Cl)c1ccc(Cl)cc1)C(F)(F)F. The minimum absolute atomic E-state index is 0.135. The highest BCUT2D eigenvalue weighted by atomic mass is 35.5. The van der Waals surface area contributed by atoms with Crippen LogP contribution in [0.4, 0.5) is 18.9 Å². The lowest BCUT2D eigenvalue weighted by molar-refractivity contribution is -0.178. The second-order valence-corrected chi connectivity index (χ2v) is 10.1. The molecule has 37 heavy (non-hydrogen) atoms. The lowest BCUT2D eigenvalue weighted by Crippen LogP contribution is -2.34. The Labute approximate surface area is 222 Å². The summed E-state index contributed by atoms with van der Waals surface area (Å²) >= 11 is 12.2. The van der Waals surface area contributed by atoms with Gasteiger partial charge in [-0.15, -0.1) is 0 Å². The van der Waals surface area contributed by atoms with Crippen LogP contribution in [0.2, 0.25) is 10.0 Å². The van der Waals surface area contributed by atoms with E-state index in [2.05, 4.69) is 5.32 Å². The first-order valence-corrected chi connectivity index (χ1v) is 12.5. The van der Waals surface area contributed by atoms with Crippen LogP contribution in [0.15, 0.2) is 60.7 Å². The maximum atomic E-state index is 13.7. The van der Waals surface area contributed by atoms with E-state index in [0.717, 1.165) is 25.3 Å². The highest BCUT2D eigenvalue weighted by Gasteiger charge is 2.45. The van der Waals surface area contributed by atoms with Gasteiger partial charge in [0.05, 0.1) is 29.0 Å². The maximum Gasteiger partial charge on any atom is 0.392 e. The van der Waals surface area contributed by atoms with Crippen LogP contribution in [0.25, 0.3) is 11.1 Å². The van der Waals surface area contributed by atoms with Gasteiger partial charge in [-0.3, -0.25) is 9.59 Å². The summed E-state index contributed by atoms with van der Waals surface area (Å²) in [6.45, 7) is 0.957. The van der Waals surface area contributed by atoms with Crippen LogP contribution < -0.4 is 5.32 Å². The van der Waals surface area contributed by atoms with Gasteiger partial charge in [-0.25, -0.2) is 0 Å². The third-order valence-electron chi connectivity index (χ3n) is 6.59. The van der Waals surface area contributed by atoms with Crippen molar-refractivity contribution >= 4 is 40.8 Å². The first-order valence-electron chi connectivity index (χ1n) is 11.7. The minimum atomic E-state index is -4.62. The van der Waals surface area contributed by atoms with Gasteiger partial charge in [0.2, 0.25) is 5.91 Å². The van der Waals surface area contributed by atoms with Gasteiger partial charge in [0, 0.05) is 5.02 Å². The van der Waals surface area contributed by atoms with Gasteiger partial charge in [0.15, 0.2) is 0 Å². The van der Waals surface area contributed by atoms with Crippen molar-refractivity contribution in [2.75, 3.05) is 5.32 Å². The summed E-state index contributed by atoms with van der Waals surface area (Å²) in [7, 11) is 0. The second-order valence-electron chi connectivity index (χ2n) is 9.30. The Balaban J connectivity index is 1.70. The van der Waals surface area contributed by atoms with E-state index in [9.17, 15) is 27.9 Å². The Morgan fingerprint density at radius 1 is 1.03 bits per heavy atom. The number of carboxylic acid groups (broad SMARTS) is 1. The van der Waals surface area contributed by atoms with Crippen LogP contribution in [-0.2, 0) is 16.0 Å². The van der Waals surface area contributed by atoms with Crippen molar-refractivity contribution in [3.8, 4) is 11.1 Å². The van der Waals surface area contributed by atoms with Crippen molar-refractivity contribution < 1.29 is 27.9 Å². The molecular formula is C28H24Cl2F3NO3. The van der Waals surface area contributed by atoms with Crippen LogP contribution in [0, 0.1) is 5.92 Å². The second kappa shape index (κ2) is 10.8. The van der Waals surface area contributed by atoms with E-state index in [4.69, 9.17) is 23.2 Å². The van der Waals surface area contributed by atoms with E-state index in [1.807, 2.05) is 12.1 Å². The molecule has 1 amide bonds. The number of aliphatic carboxylic acids is 1. The number of anilines is 1. The van der Waals surface area contributed by atoms with Crippen LogP contribution in [0.3, 0.4) is 0 Å². The summed E-state index contributed by atoms with van der Waals surface area (Å²) in [5.74, 6) is -4.96. The molecule has 0 radical (unpaired) electrons. The molecule has 3 aromatic rings. The summed E-state index contributed by atoms with van der Waals surface area (Å²) in [6.07, 6.45) is -2.71. The Morgan fingerprint density at radius 3 is 2.30 bits per heavy atom. The monoisotopic (exact) mass is 549 g/mol. The number of amides is 1. The molecule has 0 unspecified atom stereocenters. The Kier molecular flexibility index (Phi) is 7.85. The number of carbonyl (C=O) groups excluding carboxylic acids is 1. The van der Waals surface area contributed by atoms with Gasteiger partial charge in [-0.2, -0.15) is 13.2 Å². The highest BCUT2D eigenvalue weighted by Crippen LogP contribution is 2.43. The summed E-state index contributed by atoms with van der Waals surface area (Å²) in [4.78, 5) is 24.7. The number of nitrogens with one attached hydrogen (secondary N) is 1. The highest BCUT2D eigenvalue weighted by molar-refractivity contribution is 6.34. The Bertz CT molecular complexity index is 1320. The molecule has 0 bridgehead atoms. The maximum absolute atomic E-state index is 13.7. The van der Waals surface area contributed by atoms with Crippen LogP contribution >= 0.6 is 23.2 Å². The van der Waals surface area contributed by atoms with Crippen LogP contribution in [0.1, 0.15) is 48.3 Å². The number of carboxylic acids is 1.